The first-order chi connectivity index (χ1) is 16.3. The number of ether oxygens (including phenoxy) is 1. The van der Waals surface area contributed by atoms with Crippen molar-refractivity contribution in [1.29, 1.82) is 0 Å². The van der Waals surface area contributed by atoms with Gasteiger partial charge in [-0.1, -0.05) is 0 Å². The maximum Gasteiger partial charge on any atom is 0.416 e. The van der Waals surface area contributed by atoms with Crippen LogP contribution in [0.2, 0.25) is 0 Å². The summed E-state index contributed by atoms with van der Waals surface area (Å²) in [6.07, 6.45) is -1.51. The highest BCUT2D eigenvalue weighted by molar-refractivity contribution is 7.92. The molecule has 3 aliphatic rings. The van der Waals surface area contributed by atoms with Gasteiger partial charge in [-0.2, -0.15) is 13.2 Å². The van der Waals surface area contributed by atoms with Gasteiger partial charge in [-0.15, -0.1) is 0 Å². The van der Waals surface area contributed by atoms with E-state index in [-0.39, 0.29) is 36.5 Å². The van der Waals surface area contributed by atoms with Crippen LogP contribution >= 0.6 is 0 Å². The SMILES string of the molecule is CC(O)[C@]1(C(=O)N2Cc3cc(C(F)(F)F)ccc3N(S(C)(=O)=O)C2)CC[C@@H](NC2CCOCC2)C1. The number of nitrogens with one attached hydrogen (secondary N) is 1. The van der Waals surface area contributed by atoms with E-state index >= 15 is 0 Å². The second-order valence-electron chi connectivity index (χ2n) is 9.92. The van der Waals surface area contributed by atoms with Crippen LogP contribution < -0.4 is 9.62 Å². The lowest BCUT2D eigenvalue weighted by Gasteiger charge is -2.42. The number of alkyl halides is 3. The Hall–Kier alpha value is -1.89. The van der Waals surface area contributed by atoms with Crippen molar-refractivity contribution in [3.63, 3.8) is 0 Å². The van der Waals surface area contributed by atoms with Crippen LogP contribution in [-0.2, 0) is 32.3 Å². The molecule has 1 aromatic carbocycles. The van der Waals surface area contributed by atoms with Crippen LogP contribution in [0.4, 0.5) is 18.9 Å². The summed E-state index contributed by atoms with van der Waals surface area (Å²) in [6.45, 7) is 2.39. The predicted octanol–water partition coefficient (Wildman–Crippen LogP) is 2.46. The van der Waals surface area contributed by atoms with E-state index < -0.39 is 39.2 Å². The van der Waals surface area contributed by atoms with Gasteiger partial charge in [0, 0.05) is 31.8 Å². The molecule has 2 heterocycles. The van der Waals surface area contributed by atoms with Crippen LogP contribution in [0.5, 0.6) is 0 Å². The van der Waals surface area contributed by atoms with Crippen LogP contribution in [0.3, 0.4) is 0 Å². The van der Waals surface area contributed by atoms with Gasteiger partial charge >= 0.3 is 6.18 Å². The minimum absolute atomic E-state index is 0.00318. The molecule has 196 valence electrons. The highest BCUT2D eigenvalue weighted by Gasteiger charge is 2.52. The summed E-state index contributed by atoms with van der Waals surface area (Å²) in [7, 11) is -3.88. The summed E-state index contributed by atoms with van der Waals surface area (Å²) in [6, 6.07) is 3.13. The van der Waals surface area contributed by atoms with Crippen molar-refractivity contribution in [1.82, 2.24) is 10.2 Å². The monoisotopic (exact) mass is 519 g/mol. The molecule has 0 aromatic heterocycles. The quantitative estimate of drug-likeness (QED) is 0.620. The summed E-state index contributed by atoms with van der Waals surface area (Å²) in [4.78, 5) is 15.1. The van der Waals surface area contributed by atoms with Gasteiger partial charge in [0.15, 0.2) is 0 Å². The fraction of sp³-hybridized carbons (Fsp3) is 0.696. The molecule has 35 heavy (non-hydrogen) atoms. The molecule has 0 radical (unpaired) electrons. The summed E-state index contributed by atoms with van der Waals surface area (Å²) >= 11 is 0. The maximum absolute atomic E-state index is 13.8. The van der Waals surface area contributed by atoms with Gasteiger partial charge < -0.3 is 20.1 Å². The van der Waals surface area contributed by atoms with Crippen molar-refractivity contribution in [2.45, 2.75) is 69.9 Å². The minimum atomic E-state index is -4.60. The number of aliphatic hydroxyl groups excluding tert-OH is 1. The largest absolute Gasteiger partial charge is 0.416 e. The summed E-state index contributed by atoms with van der Waals surface area (Å²) < 4.78 is 71.3. The molecule has 1 amide bonds. The number of fused-ring (bicyclic) bond motifs is 1. The Bertz CT molecular complexity index is 1060. The maximum atomic E-state index is 13.8. The van der Waals surface area contributed by atoms with E-state index in [2.05, 4.69) is 5.32 Å². The predicted molar refractivity (Wildman–Crippen MR) is 123 cm³/mol. The van der Waals surface area contributed by atoms with Gasteiger partial charge in [0.1, 0.15) is 6.67 Å². The Morgan fingerprint density at radius 1 is 1.23 bits per heavy atom. The molecule has 3 atom stereocenters. The van der Waals surface area contributed by atoms with Gasteiger partial charge in [0.05, 0.1) is 29.0 Å². The number of carbonyl (C=O) groups is 1. The topological polar surface area (TPSA) is 99.2 Å². The van der Waals surface area contributed by atoms with E-state index in [0.717, 1.165) is 41.6 Å². The molecule has 2 fully saturated rings. The van der Waals surface area contributed by atoms with E-state index in [9.17, 15) is 31.5 Å². The van der Waals surface area contributed by atoms with Crippen LogP contribution in [0.25, 0.3) is 0 Å². The third kappa shape index (κ3) is 5.30. The molecule has 0 spiro atoms. The highest BCUT2D eigenvalue weighted by atomic mass is 32.2. The first kappa shape index (κ1) is 26.2. The van der Waals surface area contributed by atoms with E-state index in [1.54, 1.807) is 6.92 Å². The Balaban J connectivity index is 1.61. The van der Waals surface area contributed by atoms with Crippen molar-refractivity contribution in [3.05, 3.63) is 29.3 Å². The molecule has 1 saturated carbocycles. The van der Waals surface area contributed by atoms with Crippen LogP contribution in [0.1, 0.15) is 50.2 Å². The fourth-order valence-electron chi connectivity index (χ4n) is 5.52. The second kappa shape index (κ2) is 9.53. The average molecular weight is 520 g/mol. The van der Waals surface area contributed by atoms with Gasteiger partial charge in [0.25, 0.3) is 0 Å². The van der Waals surface area contributed by atoms with Gasteiger partial charge in [-0.3, -0.25) is 9.10 Å². The molecule has 12 heteroatoms. The smallest absolute Gasteiger partial charge is 0.392 e. The number of anilines is 1. The van der Waals surface area contributed by atoms with E-state index in [4.69, 9.17) is 4.74 Å². The van der Waals surface area contributed by atoms with E-state index in [1.807, 2.05) is 0 Å². The molecule has 1 aromatic rings. The number of rotatable bonds is 5. The number of sulfonamides is 1. The zero-order valence-corrected chi connectivity index (χ0v) is 20.7. The molecule has 1 unspecified atom stereocenters. The van der Waals surface area contributed by atoms with Gasteiger partial charge in [-0.05, 0) is 62.8 Å². The Kier molecular flexibility index (Phi) is 7.13. The summed E-state index contributed by atoms with van der Waals surface area (Å²) in [5.41, 5.74) is -1.84. The zero-order chi connectivity index (χ0) is 25.6. The number of amides is 1. The van der Waals surface area contributed by atoms with Gasteiger partial charge in [0.2, 0.25) is 15.9 Å². The van der Waals surface area contributed by atoms with E-state index in [1.165, 1.54) is 4.90 Å². The molecule has 1 saturated heterocycles. The molecule has 2 aliphatic heterocycles. The molecule has 1 aliphatic carbocycles. The summed E-state index contributed by atoms with van der Waals surface area (Å²) in [5.74, 6) is -0.444. The first-order valence-electron chi connectivity index (χ1n) is 11.8. The number of hydrogen-bond acceptors (Lipinski definition) is 6. The first-order valence-corrected chi connectivity index (χ1v) is 13.7. The van der Waals surface area contributed by atoms with Crippen molar-refractivity contribution in [2.24, 2.45) is 5.41 Å². The molecule has 8 nitrogen and oxygen atoms in total. The standard InChI is InChI=1S/C23H32F3N3O5S/c1-15(30)22(8-5-19(12-22)27-18-6-9-34-10-7-18)21(31)28-13-16-11-17(23(24,25)26)3-4-20(16)29(14-28)35(2,32)33/h3-4,11,15,18-19,27,30H,5-10,12-14H2,1-2H3/t15?,19-,22+/m1/s1. The fourth-order valence-corrected chi connectivity index (χ4v) is 6.41. The second-order valence-corrected chi connectivity index (χ2v) is 11.8. The summed E-state index contributed by atoms with van der Waals surface area (Å²) in [5, 5.41) is 14.3. The molecular weight excluding hydrogens is 487 g/mol. The lowest BCUT2D eigenvalue weighted by molar-refractivity contribution is -0.149. The average Bonchev–Trinajstić information content (AvgIpc) is 3.22. The number of nitrogens with zero attached hydrogens (tertiary/aromatic N) is 2. The number of hydrogen-bond donors (Lipinski definition) is 2. The van der Waals surface area contributed by atoms with Crippen molar-refractivity contribution in [2.75, 3.05) is 30.4 Å². The van der Waals surface area contributed by atoms with Crippen molar-refractivity contribution < 1.29 is 36.2 Å². The molecule has 4 rings (SSSR count). The molecule has 0 bridgehead atoms. The number of benzene rings is 1. The molecule has 2 N–H and O–H groups in total. The van der Waals surface area contributed by atoms with Crippen molar-refractivity contribution >= 4 is 21.6 Å². The lowest BCUT2D eigenvalue weighted by atomic mass is 9.79. The number of halogens is 3. The Labute approximate surface area is 203 Å². The number of carbonyl (C=O) groups excluding carboxylic acids is 1. The number of aliphatic hydroxyl groups is 1. The van der Waals surface area contributed by atoms with Crippen LogP contribution in [-0.4, -0.2) is 68.7 Å². The normalized spacial score (nSPS) is 27.1. The van der Waals surface area contributed by atoms with Crippen LogP contribution in [0, 0.1) is 5.41 Å². The Morgan fingerprint density at radius 3 is 2.51 bits per heavy atom. The van der Waals surface area contributed by atoms with Gasteiger partial charge in [-0.25, -0.2) is 8.42 Å². The van der Waals surface area contributed by atoms with E-state index in [0.29, 0.717) is 32.5 Å². The lowest BCUT2D eigenvalue weighted by Crippen LogP contribution is -2.54. The Morgan fingerprint density at radius 2 is 1.91 bits per heavy atom. The highest BCUT2D eigenvalue weighted by Crippen LogP contribution is 2.45. The van der Waals surface area contributed by atoms with Crippen molar-refractivity contribution in [3.8, 4) is 0 Å². The minimum Gasteiger partial charge on any atom is -0.392 e. The van der Waals surface area contributed by atoms with Crippen LogP contribution in [0.15, 0.2) is 18.2 Å². The third-order valence-corrected chi connectivity index (χ3v) is 8.60. The molecular formula is C23H32F3N3O5S. The zero-order valence-electron chi connectivity index (χ0n) is 19.8. The third-order valence-electron chi connectivity index (χ3n) is 7.49.